The molecule has 0 aliphatic rings. The summed E-state index contributed by atoms with van der Waals surface area (Å²) in [5.41, 5.74) is 8.09. The molecule has 0 saturated carbocycles. The highest BCUT2D eigenvalue weighted by Gasteiger charge is 2.18. The molecule has 0 unspecified atom stereocenters. The first-order chi connectivity index (χ1) is 9.67. The van der Waals surface area contributed by atoms with E-state index in [0.29, 0.717) is 12.6 Å². The molecule has 0 fully saturated rings. The summed E-state index contributed by atoms with van der Waals surface area (Å²) in [7, 11) is 0. The predicted molar refractivity (Wildman–Crippen MR) is 88.2 cm³/mol. The van der Waals surface area contributed by atoms with E-state index in [0.717, 1.165) is 34.2 Å². The van der Waals surface area contributed by atoms with Crippen LogP contribution in [0.15, 0.2) is 30.3 Å². The number of nitrogens with two attached hydrogens (primary N) is 1. The maximum absolute atomic E-state index is 5.90. The molecule has 4 heteroatoms. The summed E-state index contributed by atoms with van der Waals surface area (Å²) >= 11 is 1.72. The number of rotatable bonds is 6. The van der Waals surface area contributed by atoms with Gasteiger partial charge in [-0.1, -0.05) is 48.6 Å². The lowest BCUT2D eigenvalue weighted by molar-refractivity contribution is 0.669. The third-order valence-corrected chi connectivity index (χ3v) is 4.37. The lowest BCUT2D eigenvalue weighted by Gasteiger charge is -2.25. The van der Waals surface area contributed by atoms with E-state index in [-0.39, 0.29) is 0 Å². The molecule has 0 saturated heterocycles. The fourth-order valence-electron chi connectivity index (χ4n) is 2.24. The molecule has 0 atom stereocenters. The van der Waals surface area contributed by atoms with E-state index in [1.807, 2.05) is 18.2 Å². The van der Waals surface area contributed by atoms with E-state index in [2.05, 4.69) is 37.8 Å². The Bertz CT molecular complexity index is 534. The van der Waals surface area contributed by atoms with Crippen LogP contribution in [0.5, 0.6) is 0 Å². The fraction of sp³-hybridized carbons (Fsp3) is 0.438. The molecule has 1 aromatic heterocycles. The van der Waals surface area contributed by atoms with Crippen molar-refractivity contribution in [3.8, 4) is 11.3 Å². The summed E-state index contributed by atoms with van der Waals surface area (Å²) < 4.78 is 0. The second-order valence-electron chi connectivity index (χ2n) is 5.13. The van der Waals surface area contributed by atoms with Crippen molar-refractivity contribution >= 4 is 16.5 Å². The number of hydrogen-bond donors (Lipinski definition) is 1. The van der Waals surface area contributed by atoms with Crippen molar-refractivity contribution in [1.29, 1.82) is 0 Å². The smallest absolute Gasteiger partial charge is 0.186 e. The topological polar surface area (TPSA) is 42.2 Å². The number of thiazole rings is 1. The lowest BCUT2D eigenvalue weighted by atomic mass is 10.1. The Morgan fingerprint density at radius 1 is 1.25 bits per heavy atom. The van der Waals surface area contributed by atoms with Crippen molar-refractivity contribution in [3.63, 3.8) is 0 Å². The van der Waals surface area contributed by atoms with Crippen molar-refractivity contribution in [2.45, 2.75) is 39.8 Å². The Hall–Kier alpha value is -1.39. The monoisotopic (exact) mass is 289 g/mol. The minimum absolute atomic E-state index is 0.454. The highest BCUT2D eigenvalue weighted by Crippen LogP contribution is 2.33. The van der Waals surface area contributed by atoms with Gasteiger partial charge in [0.15, 0.2) is 5.13 Å². The molecule has 0 spiro atoms. The highest BCUT2D eigenvalue weighted by molar-refractivity contribution is 7.16. The van der Waals surface area contributed by atoms with E-state index in [1.54, 1.807) is 11.3 Å². The normalized spacial score (nSPS) is 11.1. The van der Waals surface area contributed by atoms with Crippen molar-refractivity contribution in [2.75, 3.05) is 11.4 Å². The number of nitrogens with zero attached hydrogens (tertiary/aromatic N) is 2. The Morgan fingerprint density at radius 3 is 2.50 bits per heavy atom. The minimum atomic E-state index is 0.454. The summed E-state index contributed by atoms with van der Waals surface area (Å²) in [5.74, 6) is 0. The van der Waals surface area contributed by atoms with Crippen LogP contribution in [-0.4, -0.2) is 17.6 Å². The van der Waals surface area contributed by atoms with Crippen LogP contribution in [0.25, 0.3) is 11.3 Å². The van der Waals surface area contributed by atoms with Crippen LogP contribution in [0.1, 0.15) is 32.1 Å². The summed E-state index contributed by atoms with van der Waals surface area (Å²) in [6, 6.07) is 10.8. The highest BCUT2D eigenvalue weighted by atomic mass is 32.1. The van der Waals surface area contributed by atoms with Crippen LogP contribution in [0.2, 0.25) is 0 Å². The zero-order valence-corrected chi connectivity index (χ0v) is 13.3. The second-order valence-corrected chi connectivity index (χ2v) is 6.19. The summed E-state index contributed by atoms with van der Waals surface area (Å²) in [6.45, 7) is 8.19. The molecule has 1 aromatic carbocycles. The average molecular weight is 289 g/mol. The van der Waals surface area contributed by atoms with E-state index < -0.39 is 0 Å². The van der Waals surface area contributed by atoms with Crippen LogP contribution in [0, 0.1) is 0 Å². The van der Waals surface area contributed by atoms with Crippen molar-refractivity contribution in [1.82, 2.24) is 4.98 Å². The largest absolute Gasteiger partial charge is 0.346 e. The standard InChI is InChI=1S/C16H23N3S/c1-4-10-19(12(2)3)16-18-15(14(11-17)20-16)13-8-6-5-7-9-13/h5-9,12H,4,10-11,17H2,1-3H3. The van der Waals surface area contributed by atoms with Crippen LogP contribution in [-0.2, 0) is 6.54 Å². The molecule has 0 aliphatic carbocycles. The van der Waals surface area contributed by atoms with Crippen LogP contribution in [0.3, 0.4) is 0 Å². The van der Waals surface area contributed by atoms with Gasteiger partial charge in [0.25, 0.3) is 0 Å². The van der Waals surface area contributed by atoms with Gasteiger partial charge >= 0.3 is 0 Å². The van der Waals surface area contributed by atoms with E-state index in [1.165, 1.54) is 0 Å². The molecule has 2 rings (SSSR count). The van der Waals surface area contributed by atoms with E-state index in [4.69, 9.17) is 10.7 Å². The summed E-state index contributed by atoms with van der Waals surface area (Å²) in [6.07, 6.45) is 1.12. The number of anilines is 1. The van der Waals surface area contributed by atoms with Crippen LogP contribution in [0.4, 0.5) is 5.13 Å². The first-order valence-corrected chi connectivity index (χ1v) is 8.00. The Labute approximate surface area is 125 Å². The molecule has 108 valence electrons. The zero-order valence-electron chi connectivity index (χ0n) is 12.5. The first kappa shape index (κ1) is 15.0. The van der Waals surface area contributed by atoms with Gasteiger partial charge in [0.2, 0.25) is 0 Å². The van der Waals surface area contributed by atoms with Crippen molar-refractivity contribution < 1.29 is 0 Å². The second kappa shape index (κ2) is 6.86. The molecule has 3 nitrogen and oxygen atoms in total. The first-order valence-electron chi connectivity index (χ1n) is 7.19. The van der Waals surface area contributed by atoms with Gasteiger partial charge in [-0.25, -0.2) is 4.98 Å². The maximum Gasteiger partial charge on any atom is 0.186 e. The van der Waals surface area contributed by atoms with Gasteiger partial charge in [-0.3, -0.25) is 0 Å². The summed E-state index contributed by atoms with van der Waals surface area (Å²) in [5, 5.41) is 1.08. The molecule has 0 aliphatic heterocycles. The molecule has 0 amide bonds. The zero-order chi connectivity index (χ0) is 14.5. The molecular weight excluding hydrogens is 266 g/mol. The van der Waals surface area contributed by atoms with E-state index in [9.17, 15) is 0 Å². The van der Waals surface area contributed by atoms with Crippen LogP contribution >= 0.6 is 11.3 Å². The molecule has 0 radical (unpaired) electrons. The maximum atomic E-state index is 5.90. The van der Waals surface area contributed by atoms with Crippen molar-refractivity contribution in [2.24, 2.45) is 5.73 Å². The molecule has 2 N–H and O–H groups in total. The molecule has 0 bridgehead atoms. The third kappa shape index (κ3) is 3.19. The van der Waals surface area contributed by atoms with Crippen molar-refractivity contribution in [3.05, 3.63) is 35.2 Å². The Kier molecular flexibility index (Phi) is 5.15. The fourth-order valence-corrected chi connectivity index (χ4v) is 3.36. The van der Waals surface area contributed by atoms with Gasteiger partial charge < -0.3 is 10.6 Å². The molecule has 2 aromatic rings. The van der Waals surface area contributed by atoms with Gasteiger partial charge in [-0.2, -0.15) is 0 Å². The quantitative estimate of drug-likeness (QED) is 0.877. The number of hydrogen-bond acceptors (Lipinski definition) is 4. The van der Waals surface area contributed by atoms with E-state index >= 15 is 0 Å². The third-order valence-electron chi connectivity index (χ3n) is 3.25. The minimum Gasteiger partial charge on any atom is -0.346 e. The van der Waals surface area contributed by atoms with Gasteiger partial charge in [0, 0.05) is 29.6 Å². The molecular formula is C16H23N3S. The molecule has 20 heavy (non-hydrogen) atoms. The Morgan fingerprint density at radius 2 is 1.95 bits per heavy atom. The van der Waals surface area contributed by atoms with Gasteiger partial charge in [-0.15, -0.1) is 0 Å². The SMILES string of the molecule is CCCN(c1nc(-c2ccccc2)c(CN)s1)C(C)C. The number of benzene rings is 1. The Balaban J connectivity index is 2.40. The van der Waals surface area contributed by atoms with Gasteiger partial charge in [0.1, 0.15) is 0 Å². The average Bonchev–Trinajstić information content (AvgIpc) is 2.89. The van der Waals surface area contributed by atoms with Gasteiger partial charge in [0.05, 0.1) is 5.69 Å². The summed E-state index contributed by atoms with van der Waals surface area (Å²) in [4.78, 5) is 8.37. The predicted octanol–water partition coefficient (Wildman–Crippen LogP) is 3.89. The number of aromatic nitrogens is 1. The van der Waals surface area contributed by atoms with Gasteiger partial charge in [-0.05, 0) is 20.3 Å². The molecule has 1 heterocycles. The lowest BCUT2D eigenvalue weighted by Crippen LogP contribution is -2.31. The van der Waals surface area contributed by atoms with Crippen LogP contribution < -0.4 is 10.6 Å².